The van der Waals surface area contributed by atoms with Crippen molar-refractivity contribution in [3.63, 3.8) is 0 Å². The molecule has 128 valence electrons. The monoisotopic (exact) mass is 319 g/mol. The summed E-state index contributed by atoms with van der Waals surface area (Å²) in [4.78, 5) is 11.7. The molecule has 1 rings (SSSR count). The highest BCUT2D eigenvalue weighted by molar-refractivity contribution is 5.68. The lowest BCUT2D eigenvalue weighted by Gasteiger charge is -2.21. The standard InChI is InChI=1S/C19H29NO3/c1-15(13-22-14-17-9-7-6-8-10-17)11-12-16(2)20-18(21)23-19(3,4)5/h6-12,15-16H,13-14H2,1-5H3,(H,20,21)/b12-11+. The number of ether oxygens (including phenoxy) is 2. The predicted molar refractivity (Wildman–Crippen MR) is 93.2 cm³/mol. The first kappa shape index (κ1) is 19.2. The smallest absolute Gasteiger partial charge is 0.408 e. The van der Waals surface area contributed by atoms with Crippen LogP contribution >= 0.6 is 0 Å². The number of carbonyl (C=O) groups excluding carboxylic acids is 1. The van der Waals surface area contributed by atoms with Crippen LogP contribution in [0.3, 0.4) is 0 Å². The average molecular weight is 319 g/mol. The zero-order valence-electron chi connectivity index (χ0n) is 14.8. The molecule has 4 heteroatoms. The van der Waals surface area contributed by atoms with Gasteiger partial charge >= 0.3 is 6.09 Å². The van der Waals surface area contributed by atoms with E-state index in [4.69, 9.17) is 9.47 Å². The number of carbonyl (C=O) groups is 1. The van der Waals surface area contributed by atoms with Gasteiger partial charge in [0.1, 0.15) is 5.60 Å². The molecule has 23 heavy (non-hydrogen) atoms. The van der Waals surface area contributed by atoms with E-state index in [1.165, 1.54) is 5.56 Å². The lowest BCUT2D eigenvalue weighted by Crippen LogP contribution is -2.36. The number of nitrogens with one attached hydrogen (secondary N) is 1. The van der Waals surface area contributed by atoms with Crippen LogP contribution in [0.2, 0.25) is 0 Å². The normalized spacial score (nSPS) is 14.5. The number of benzene rings is 1. The van der Waals surface area contributed by atoms with E-state index in [1.54, 1.807) is 0 Å². The molecule has 0 heterocycles. The van der Waals surface area contributed by atoms with Gasteiger partial charge in [-0.25, -0.2) is 4.79 Å². The van der Waals surface area contributed by atoms with Gasteiger partial charge in [-0.05, 0) is 39.2 Å². The molecule has 0 radical (unpaired) electrons. The number of hydrogen-bond donors (Lipinski definition) is 1. The van der Waals surface area contributed by atoms with Gasteiger partial charge in [0.25, 0.3) is 0 Å². The molecule has 1 amide bonds. The zero-order chi connectivity index (χ0) is 17.3. The maximum atomic E-state index is 11.7. The fourth-order valence-electron chi connectivity index (χ4n) is 1.89. The van der Waals surface area contributed by atoms with Crippen LogP contribution in [0, 0.1) is 5.92 Å². The zero-order valence-corrected chi connectivity index (χ0v) is 14.8. The lowest BCUT2D eigenvalue weighted by atomic mass is 10.1. The molecule has 0 bridgehead atoms. The Hall–Kier alpha value is -1.81. The highest BCUT2D eigenvalue weighted by Gasteiger charge is 2.16. The van der Waals surface area contributed by atoms with Crippen molar-refractivity contribution in [2.24, 2.45) is 5.92 Å². The lowest BCUT2D eigenvalue weighted by molar-refractivity contribution is 0.0518. The van der Waals surface area contributed by atoms with Gasteiger partial charge in [0, 0.05) is 6.04 Å². The Kier molecular flexibility index (Phi) is 7.83. The van der Waals surface area contributed by atoms with Crippen molar-refractivity contribution in [1.29, 1.82) is 0 Å². The van der Waals surface area contributed by atoms with Crippen LogP contribution in [0.1, 0.15) is 40.2 Å². The van der Waals surface area contributed by atoms with E-state index >= 15 is 0 Å². The average Bonchev–Trinajstić information content (AvgIpc) is 2.44. The Morgan fingerprint density at radius 1 is 1.17 bits per heavy atom. The van der Waals surface area contributed by atoms with E-state index in [-0.39, 0.29) is 12.0 Å². The van der Waals surface area contributed by atoms with Crippen molar-refractivity contribution in [2.45, 2.75) is 52.9 Å². The van der Waals surface area contributed by atoms with Crippen molar-refractivity contribution in [3.05, 3.63) is 48.0 Å². The predicted octanol–water partition coefficient (Wildman–Crippen LogP) is 4.31. The third kappa shape index (κ3) is 9.74. The Bertz CT molecular complexity index is 491. The maximum absolute atomic E-state index is 11.7. The minimum atomic E-state index is -0.480. The van der Waals surface area contributed by atoms with Gasteiger partial charge in [-0.2, -0.15) is 0 Å². The molecular weight excluding hydrogens is 290 g/mol. The SMILES string of the molecule is CC(/C=C/C(C)NC(=O)OC(C)(C)C)COCc1ccccc1. The van der Waals surface area contributed by atoms with E-state index < -0.39 is 11.7 Å². The first-order valence-corrected chi connectivity index (χ1v) is 8.06. The van der Waals surface area contributed by atoms with Crippen LogP contribution in [0.4, 0.5) is 4.79 Å². The molecule has 0 aliphatic heterocycles. The van der Waals surface area contributed by atoms with Gasteiger partial charge in [0.05, 0.1) is 13.2 Å². The number of amides is 1. The van der Waals surface area contributed by atoms with Crippen LogP contribution in [0.15, 0.2) is 42.5 Å². The van der Waals surface area contributed by atoms with Gasteiger partial charge in [-0.15, -0.1) is 0 Å². The quantitative estimate of drug-likeness (QED) is 0.762. The highest BCUT2D eigenvalue weighted by atomic mass is 16.6. The first-order chi connectivity index (χ1) is 10.8. The van der Waals surface area contributed by atoms with Crippen LogP contribution in [-0.2, 0) is 16.1 Å². The van der Waals surface area contributed by atoms with E-state index in [1.807, 2.05) is 70.2 Å². The second kappa shape index (κ2) is 9.36. The van der Waals surface area contributed by atoms with Crippen molar-refractivity contribution >= 4 is 6.09 Å². The van der Waals surface area contributed by atoms with E-state index in [2.05, 4.69) is 12.2 Å². The Morgan fingerprint density at radius 2 is 1.83 bits per heavy atom. The van der Waals surface area contributed by atoms with Crippen LogP contribution < -0.4 is 5.32 Å². The third-order valence-corrected chi connectivity index (χ3v) is 2.97. The maximum Gasteiger partial charge on any atom is 0.408 e. The summed E-state index contributed by atoms with van der Waals surface area (Å²) in [5, 5.41) is 2.78. The summed E-state index contributed by atoms with van der Waals surface area (Å²) in [5.41, 5.74) is 0.690. The molecule has 0 spiro atoms. The van der Waals surface area contributed by atoms with Crippen LogP contribution in [0.5, 0.6) is 0 Å². The molecule has 2 atom stereocenters. The van der Waals surface area contributed by atoms with Gasteiger partial charge < -0.3 is 14.8 Å². The van der Waals surface area contributed by atoms with Crippen molar-refractivity contribution in [3.8, 4) is 0 Å². The first-order valence-electron chi connectivity index (χ1n) is 8.06. The minimum absolute atomic E-state index is 0.0820. The second-order valence-corrected chi connectivity index (χ2v) is 6.80. The summed E-state index contributed by atoms with van der Waals surface area (Å²) in [6.07, 6.45) is 3.61. The van der Waals surface area contributed by atoms with Crippen LogP contribution in [0.25, 0.3) is 0 Å². The highest BCUT2D eigenvalue weighted by Crippen LogP contribution is 2.07. The van der Waals surface area contributed by atoms with E-state index in [0.717, 1.165) is 0 Å². The minimum Gasteiger partial charge on any atom is -0.444 e. The number of rotatable bonds is 7. The molecule has 1 aromatic rings. The molecule has 1 N–H and O–H groups in total. The molecule has 0 aliphatic carbocycles. The molecule has 0 fully saturated rings. The van der Waals surface area contributed by atoms with Gasteiger partial charge in [0.2, 0.25) is 0 Å². The van der Waals surface area contributed by atoms with E-state index in [9.17, 15) is 4.79 Å². The summed E-state index contributed by atoms with van der Waals surface area (Å²) < 4.78 is 10.9. The van der Waals surface area contributed by atoms with Gasteiger partial charge in [-0.3, -0.25) is 0 Å². The Labute approximate surface area is 139 Å². The Balaban J connectivity index is 2.25. The van der Waals surface area contributed by atoms with Gasteiger partial charge in [0.15, 0.2) is 0 Å². The molecule has 0 saturated heterocycles. The number of alkyl carbamates (subject to hydrolysis) is 1. The summed E-state index contributed by atoms with van der Waals surface area (Å²) >= 11 is 0. The molecular formula is C19H29NO3. The molecule has 4 nitrogen and oxygen atoms in total. The summed E-state index contributed by atoms with van der Waals surface area (Å²) in [5.74, 6) is 0.279. The molecule has 0 aliphatic rings. The number of hydrogen-bond acceptors (Lipinski definition) is 3. The fourth-order valence-corrected chi connectivity index (χ4v) is 1.89. The second-order valence-electron chi connectivity index (χ2n) is 6.80. The summed E-state index contributed by atoms with van der Waals surface area (Å²) in [6, 6.07) is 10.0. The van der Waals surface area contributed by atoms with Crippen molar-refractivity contribution in [2.75, 3.05) is 6.61 Å². The Morgan fingerprint density at radius 3 is 2.43 bits per heavy atom. The van der Waals surface area contributed by atoms with Crippen molar-refractivity contribution < 1.29 is 14.3 Å². The largest absolute Gasteiger partial charge is 0.444 e. The van der Waals surface area contributed by atoms with E-state index in [0.29, 0.717) is 13.2 Å². The molecule has 0 saturated carbocycles. The van der Waals surface area contributed by atoms with Gasteiger partial charge in [-0.1, -0.05) is 49.4 Å². The fraction of sp³-hybridized carbons (Fsp3) is 0.526. The molecule has 0 aromatic heterocycles. The topological polar surface area (TPSA) is 47.6 Å². The third-order valence-electron chi connectivity index (χ3n) is 2.97. The summed E-state index contributed by atoms with van der Waals surface area (Å²) in [6.45, 7) is 10.8. The molecule has 2 unspecified atom stereocenters. The summed E-state index contributed by atoms with van der Waals surface area (Å²) in [7, 11) is 0. The van der Waals surface area contributed by atoms with Crippen LogP contribution in [-0.4, -0.2) is 24.3 Å². The van der Waals surface area contributed by atoms with Crippen molar-refractivity contribution in [1.82, 2.24) is 5.32 Å². The molecule has 1 aromatic carbocycles.